The van der Waals surface area contributed by atoms with Gasteiger partial charge in [-0.2, -0.15) is 0 Å². The van der Waals surface area contributed by atoms with Crippen LogP contribution < -0.4 is 15.8 Å². The zero-order valence-electron chi connectivity index (χ0n) is 20.9. The number of β-amino-alcohol motifs (C(OH)–C–C–N with tert-alkyl or cyclic N) is 1. The normalized spacial score (nSPS) is 12.9. The molecule has 1 aromatic heterocycles. The minimum absolute atomic E-state index is 0.174. The maximum Gasteiger partial charge on any atom is 0.261 e. The van der Waals surface area contributed by atoms with Crippen molar-refractivity contribution in [1.82, 2.24) is 9.88 Å². The molecule has 3 aromatic carbocycles. The molecule has 4 aromatic rings. The number of hydrogen-bond acceptors (Lipinski definition) is 5. The minimum Gasteiger partial charge on any atom is -0.387 e. The van der Waals surface area contributed by atoms with Crippen molar-refractivity contribution in [1.29, 1.82) is 0 Å². The van der Waals surface area contributed by atoms with Gasteiger partial charge in [-0.05, 0) is 74.4 Å². The topological polar surface area (TPSA) is 126 Å². The van der Waals surface area contributed by atoms with Gasteiger partial charge in [0, 0.05) is 47.0 Å². The number of fused-ring (bicyclic) bond motifs is 1. The number of aliphatic hydroxyl groups excluding tert-OH is 1. The van der Waals surface area contributed by atoms with E-state index in [1.54, 1.807) is 54.6 Å². The number of carbonyl (C=O) groups excluding carboxylic acids is 1. The van der Waals surface area contributed by atoms with Crippen molar-refractivity contribution < 1.29 is 18.3 Å². The lowest BCUT2D eigenvalue weighted by molar-refractivity contribution is 0.100. The third kappa shape index (κ3) is 6.56. The molecule has 0 aliphatic heterocycles. The number of hydrogen-bond donors (Lipinski definition) is 4. The number of anilines is 1. The largest absolute Gasteiger partial charge is 0.387 e. The number of primary amides is 1. The molecular formula is C28H32N4O4S. The van der Waals surface area contributed by atoms with E-state index < -0.39 is 22.0 Å². The van der Waals surface area contributed by atoms with Crippen LogP contribution in [0.15, 0.2) is 90.0 Å². The van der Waals surface area contributed by atoms with Gasteiger partial charge >= 0.3 is 0 Å². The molecule has 8 nitrogen and oxygen atoms in total. The summed E-state index contributed by atoms with van der Waals surface area (Å²) in [6.07, 6.45) is 1.96. The second-order valence-electron chi connectivity index (χ2n) is 9.72. The number of amides is 1. The lowest BCUT2D eigenvalue weighted by Gasteiger charge is -2.28. The van der Waals surface area contributed by atoms with Crippen LogP contribution in [0.2, 0.25) is 0 Å². The zero-order chi connectivity index (χ0) is 26.6. The number of nitrogens with one attached hydrogen (secondary N) is 2. The molecule has 0 saturated heterocycles. The van der Waals surface area contributed by atoms with E-state index in [9.17, 15) is 18.3 Å². The lowest BCUT2D eigenvalue weighted by Crippen LogP contribution is -2.42. The summed E-state index contributed by atoms with van der Waals surface area (Å²) in [5.41, 5.74) is 7.61. The van der Waals surface area contributed by atoms with E-state index in [-0.39, 0.29) is 10.4 Å². The fourth-order valence-corrected chi connectivity index (χ4v) is 5.22. The highest BCUT2D eigenvalue weighted by molar-refractivity contribution is 7.92. The van der Waals surface area contributed by atoms with Crippen molar-refractivity contribution in [3.8, 4) is 0 Å². The number of aromatic nitrogens is 1. The first-order valence-corrected chi connectivity index (χ1v) is 13.5. The van der Waals surface area contributed by atoms with Crippen LogP contribution in [-0.2, 0) is 16.6 Å². The second kappa shape index (κ2) is 10.8. The molecule has 1 heterocycles. The molecule has 0 saturated carbocycles. The maximum atomic E-state index is 12.6. The Kier molecular flexibility index (Phi) is 7.68. The fourth-order valence-electron chi connectivity index (χ4n) is 4.15. The Labute approximate surface area is 217 Å². The third-order valence-corrected chi connectivity index (χ3v) is 7.78. The molecule has 5 N–H and O–H groups in total. The molecule has 37 heavy (non-hydrogen) atoms. The van der Waals surface area contributed by atoms with Gasteiger partial charge in [-0.25, -0.2) is 8.42 Å². The first-order valence-electron chi connectivity index (χ1n) is 12.0. The SMILES string of the molecule is CC(C)(CCn1ccc2cc(C(N)=O)ccc21)NCC(O)c1cccc(NS(=O)(=O)c2ccccc2)c1. The first kappa shape index (κ1) is 26.4. The summed E-state index contributed by atoms with van der Waals surface area (Å²) in [5, 5.41) is 15.2. The number of nitrogens with zero attached hydrogens (tertiary/aromatic N) is 1. The molecule has 0 bridgehead atoms. The van der Waals surface area contributed by atoms with Crippen molar-refractivity contribution >= 4 is 32.5 Å². The quantitative estimate of drug-likeness (QED) is 0.238. The summed E-state index contributed by atoms with van der Waals surface area (Å²) in [6, 6.07) is 22.3. The first-order chi connectivity index (χ1) is 17.5. The van der Waals surface area contributed by atoms with Crippen LogP contribution >= 0.6 is 0 Å². The molecule has 0 fully saturated rings. The van der Waals surface area contributed by atoms with E-state index in [0.29, 0.717) is 23.4 Å². The van der Waals surface area contributed by atoms with Crippen molar-refractivity contribution in [2.45, 2.75) is 43.4 Å². The van der Waals surface area contributed by atoms with Gasteiger partial charge < -0.3 is 20.7 Å². The maximum absolute atomic E-state index is 12.6. The molecule has 1 atom stereocenters. The van der Waals surface area contributed by atoms with E-state index in [1.807, 2.05) is 18.3 Å². The Hall–Kier alpha value is -3.66. The van der Waals surface area contributed by atoms with Gasteiger partial charge in [0.25, 0.3) is 10.0 Å². The summed E-state index contributed by atoms with van der Waals surface area (Å²) in [7, 11) is -3.72. The van der Waals surface area contributed by atoms with Crippen molar-refractivity contribution in [2.75, 3.05) is 11.3 Å². The summed E-state index contributed by atoms with van der Waals surface area (Å²) >= 11 is 0. The monoisotopic (exact) mass is 520 g/mol. The summed E-state index contributed by atoms with van der Waals surface area (Å²) < 4.78 is 30.0. The highest BCUT2D eigenvalue weighted by Gasteiger charge is 2.20. The van der Waals surface area contributed by atoms with E-state index >= 15 is 0 Å². The van der Waals surface area contributed by atoms with Gasteiger partial charge in [0.1, 0.15) is 0 Å². The predicted molar refractivity (Wildman–Crippen MR) is 146 cm³/mol. The molecule has 9 heteroatoms. The van der Waals surface area contributed by atoms with Crippen LogP contribution in [0.3, 0.4) is 0 Å². The van der Waals surface area contributed by atoms with Crippen LogP contribution in [0.25, 0.3) is 10.9 Å². The molecule has 194 valence electrons. The second-order valence-corrected chi connectivity index (χ2v) is 11.4. The number of benzene rings is 3. The summed E-state index contributed by atoms with van der Waals surface area (Å²) in [4.78, 5) is 11.6. The van der Waals surface area contributed by atoms with E-state index in [2.05, 4.69) is 28.5 Å². The Morgan fingerprint density at radius 3 is 2.51 bits per heavy atom. The zero-order valence-corrected chi connectivity index (χ0v) is 21.7. The highest BCUT2D eigenvalue weighted by atomic mass is 32.2. The number of aliphatic hydroxyl groups is 1. The minimum atomic E-state index is -3.72. The van der Waals surface area contributed by atoms with Crippen LogP contribution in [0, 0.1) is 0 Å². The van der Waals surface area contributed by atoms with Crippen LogP contribution in [0.1, 0.15) is 42.3 Å². The number of sulfonamides is 1. The van der Waals surface area contributed by atoms with Crippen LogP contribution in [-0.4, -0.2) is 36.1 Å². The van der Waals surface area contributed by atoms with Crippen LogP contribution in [0.5, 0.6) is 0 Å². The third-order valence-electron chi connectivity index (χ3n) is 6.38. The summed E-state index contributed by atoms with van der Waals surface area (Å²) in [6.45, 7) is 5.19. The number of nitrogens with two attached hydrogens (primary N) is 1. The number of carbonyl (C=O) groups is 1. The van der Waals surface area contributed by atoms with E-state index in [1.165, 1.54) is 12.1 Å². The molecule has 1 amide bonds. The van der Waals surface area contributed by atoms with Gasteiger partial charge in [-0.15, -0.1) is 0 Å². The lowest BCUT2D eigenvalue weighted by atomic mass is 9.99. The average Bonchev–Trinajstić information content (AvgIpc) is 3.29. The Bertz CT molecular complexity index is 1500. The summed E-state index contributed by atoms with van der Waals surface area (Å²) in [5.74, 6) is -0.447. The number of rotatable bonds is 11. The Morgan fingerprint density at radius 1 is 1.03 bits per heavy atom. The molecule has 0 aliphatic rings. The molecular weight excluding hydrogens is 488 g/mol. The smallest absolute Gasteiger partial charge is 0.261 e. The average molecular weight is 521 g/mol. The fraction of sp³-hybridized carbons (Fsp3) is 0.250. The van der Waals surface area contributed by atoms with E-state index in [0.717, 1.165) is 23.9 Å². The van der Waals surface area contributed by atoms with Crippen molar-refractivity contribution in [3.63, 3.8) is 0 Å². The van der Waals surface area contributed by atoms with Gasteiger partial charge in [0.05, 0.1) is 11.0 Å². The Morgan fingerprint density at radius 2 is 1.78 bits per heavy atom. The molecule has 4 rings (SSSR count). The van der Waals surface area contributed by atoms with Gasteiger partial charge in [-0.1, -0.05) is 30.3 Å². The Balaban J connectivity index is 1.35. The molecule has 1 unspecified atom stereocenters. The number of aryl methyl sites for hydroxylation is 1. The van der Waals surface area contributed by atoms with Gasteiger partial charge in [0.2, 0.25) is 5.91 Å². The van der Waals surface area contributed by atoms with Crippen molar-refractivity contribution in [3.05, 3.63) is 96.2 Å². The van der Waals surface area contributed by atoms with Gasteiger partial charge in [-0.3, -0.25) is 9.52 Å². The standard InChI is InChI=1S/C28H32N4O4S/c1-28(2,14-16-32-15-13-20-17-22(27(29)34)11-12-25(20)32)30-19-26(33)21-7-6-8-23(18-21)31-37(35,36)24-9-4-3-5-10-24/h3-13,15,17-18,26,30-31,33H,14,16,19H2,1-2H3,(H2,29,34). The highest BCUT2D eigenvalue weighted by Crippen LogP contribution is 2.23. The van der Waals surface area contributed by atoms with Crippen LogP contribution in [0.4, 0.5) is 5.69 Å². The molecule has 0 radical (unpaired) electrons. The van der Waals surface area contributed by atoms with E-state index in [4.69, 9.17) is 5.73 Å². The molecule has 0 aliphatic carbocycles. The molecule has 0 spiro atoms. The van der Waals surface area contributed by atoms with Gasteiger partial charge in [0.15, 0.2) is 0 Å². The van der Waals surface area contributed by atoms with Crippen molar-refractivity contribution in [2.24, 2.45) is 5.73 Å². The predicted octanol–water partition coefficient (Wildman–Crippen LogP) is 4.03.